The summed E-state index contributed by atoms with van der Waals surface area (Å²) in [6.45, 7) is -0.110. The van der Waals surface area contributed by atoms with Crippen molar-refractivity contribution in [1.29, 1.82) is 0 Å². The molecule has 1 aliphatic heterocycles. The molecule has 21 heavy (non-hydrogen) atoms. The van der Waals surface area contributed by atoms with Gasteiger partial charge in [0, 0.05) is 18.0 Å². The molecule has 0 bridgehead atoms. The van der Waals surface area contributed by atoms with Gasteiger partial charge in [-0.3, -0.25) is 14.4 Å². The van der Waals surface area contributed by atoms with Crippen LogP contribution in [0.4, 0.5) is 14.9 Å². The summed E-state index contributed by atoms with van der Waals surface area (Å²) in [5.41, 5.74) is 0.406. The number of thioether (sulfide) groups is 1. The Bertz CT molecular complexity index is 550. The second-order valence-electron chi connectivity index (χ2n) is 4.25. The molecule has 6 nitrogen and oxygen atoms in total. The van der Waals surface area contributed by atoms with Gasteiger partial charge in [-0.25, -0.2) is 4.39 Å². The topological polar surface area (TPSA) is 75.7 Å². The maximum absolute atomic E-state index is 12.7. The number of esters is 1. The van der Waals surface area contributed by atoms with Gasteiger partial charge in [-0.05, 0) is 24.3 Å². The molecule has 2 rings (SSSR count). The molecule has 0 saturated carbocycles. The number of halogens is 1. The molecule has 8 heteroatoms. The standard InChI is InChI=1S/C13H13FN2O4S/c14-9-1-3-10(4-2-9)15-11(17)8-20-12(18)7-16-5-6-21-13(16)19/h1-4H,5-8H2,(H,15,17). The van der Waals surface area contributed by atoms with Crippen molar-refractivity contribution in [2.45, 2.75) is 0 Å². The summed E-state index contributed by atoms with van der Waals surface area (Å²) in [6, 6.07) is 5.21. The van der Waals surface area contributed by atoms with Crippen molar-refractivity contribution in [1.82, 2.24) is 4.90 Å². The van der Waals surface area contributed by atoms with E-state index in [0.29, 0.717) is 18.0 Å². The minimum Gasteiger partial charge on any atom is -0.454 e. The quantitative estimate of drug-likeness (QED) is 0.833. The lowest BCUT2D eigenvalue weighted by Crippen LogP contribution is -2.32. The van der Waals surface area contributed by atoms with Crippen LogP contribution in [0.2, 0.25) is 0 Å². The Balaban J connectivity index is 1.72. The maximum atomic E-state index is 12.7. The highest BCUT2D eigenvalue weighted by Gasteiger charge is 2.24. The predicted octanol–water partition coefficient (Wildman–Crippen LogP) is 1.48. The zero-order valence-electron chi connectivity index (χ0n) is 11.0. The monoisotopic (exact) mass is 312 g/mol. The molecule has 1 aromatic rings. The van der Waals surface area contributed by atoms with E-state index in [1.807, 2.05) is 0 Å². The van der Waals surface area contributed by atoms with Crippen LogP contribution in [0.25, 0.3) is 0 Å². The summed E-state index contributed by atoms with van der Waals surface area (Å²) in [7, 11) is 0. The number of ether oxygens (including phenoxy) is 1. The van der Waals surface area contributed by atoms with Gasteiger partial charge in [0.2, 0.25) is 0 Å². The number of carbonyl (C=O) groups excluding carboxylic acids is 3. The molecule has 0 atom stereocenters. The smallest absolute Gasteiger partial charge is 0.326 e. The summed E-state index contributed by atoms with van der Waals surface area (Å²) in [5.74, 6) is -0.929. The highest BCUT2D eigenvalue weighted by molar-refractivity contribution is 8.13. The lowest BCUT2D eigenvalue weighted by atomic mass is 10.3. The molecule has 1 saturated heterocycles. The average Bonchev–Trinajstić information content (AvgIpc) is 2.85. The van der Waals surface area contributed by atoms with Gasteiger partial charge in [-0.15, -0.1) is 0 Å². The third-order valence-corrected chi connectivity index (χ3v) is 3.55. The van der Waals surface area contributed by atoms with Crippen molar-refractivity contribution < 1.29 is 23.5 Å². The van der Waals surface area contributed by atoms with Gasteiger partial charge in [0.25, 0.3) is 11.1 Å². The van der Waals surface area contributed by atoms with Crippen molar-refractivity contribution >= 4 is 34.6 Å². The Morgan fingerprint density at radius 1 is 1.33 bits per heavy atom. The number of rotatable bonds is 5. The summed E-state index contributed by atoms with van der Waals surface area (Å²) in [5, 5.41) is 2.30. The highest BCUT2D eigenvalue weighted by atomic mass is 32.2. The normalized spacial score (nSPS) is 14.1. The van der Waals surface area contributed by atoms with E-state index >= 15 is 0 Å². The van der Waals surface area contributed by atoms with Gasteiger partial charge in [-0.1, -0.05) is 11.8 Å². The first-order valence-electron chi connectivity index (χ1n) is 6.17. The number of anilines is 1. The Morgan fingerprint density at radius 3 is 2.67 bits per heavy atom. The van der Waals surface area contributed by atoms with E-state index in [1.54, 1.807) is 0 Å². The zero-order chi connectivity index (χ0) is 15.2. The minimum atomic E-state index is -0.639. The van der Waals surface area contributed by atoms with Crippen LogP contribution in [0.5, 0.6) is 0 Å². The van der Waals surface area contributed by atoms with Crippen LogP contribution < -0.4 is 5.32 Å². The number of hydrogen-bond donors (Lipinski definition) is 1. The number of carbonyl (C=O) groups is 3. The third kappa shape index (κ3) is 4.75. The van der Waals surface area contributed by atoms with E-state index in [-0.39, 0.29) is 11.8 Å². The van der Waals surface area contributed by atoms with Crippen LogP contribution >= 0.6 is 11.8 Å². The van der Waals surface area contributed by atoms with Crippen LogP contribution in [-0.4, -0.2) is 47.5 Å². The Morgan fingerprint density at radius 2 is 2.05 bits per heavy atom. The van der Waals surface area contributed by atoms with Crippen molar-refractivity contribution in [2.24, 2.45) is 0 Å². The van der Waals surface area contributed by atoms with Crippen molar-refractivity contribution in [2.75, 3.05) is 30.8 Å². The van der Waals surface area contributed by atoms with Gasteiger partial charge in [-0.2, -0.15) is 0 Å². The van der Waals surface area contributed by atoms with E-state index in [0.717, 1.165) is 11.8 Å². The molecule has 0 aliphatic carbocycles. The first-order chi connectivity index (χ1) is 10.0. The molecule has 1 aromatic carbocycles. The Hall–Kier alpha value is -2.09. The molecular weight excluding hydrogens is 299 g/mol. The first-order valence-corrected chi connectivity index (χ1v) is 7.16. The summed E-state index contributed by atoms with van der Waals surface area (Å²) >= 11 is 1.14. The number of nitrogens with zero attached hydrogens (tertiary/aromatic N) is 1. The van der Waals surface area contributed by atoms with Crippen LogP contribution in [0.3, 0.4) is 0 Å². The van der Waals surface area contributed by atoms with Gasteiger partial charge in [0.1, 0.15) is 12.4 Å². The van der Waals surface area contributed by atoms with Crippen molar-refractivity contribution in [3.8, 4) is 0 Å². The molecule has 1 N–H and O–H groups in total. The number of nitrogens with one attached hydrogen (secondary N) is 1. The number of benzene rings is 1. The summed E-state index contributed by atoms with van der Waals surface area (Å²) in [4.78, 5) is 35.7. The molecule has 0 unspecified atom stereocenters. The molecule has 0 spiro atoms. The number of amides is 2. The SMILES string of the molecule is O=C(COC(=O)CN1CCSC1=O)Nc1ccc(F)cc1. The molecule has 0 radical (unpaired) electrons. The average molecular weight is 312 g/mol. The fourth-order valence-electron chi connectivity index (χ4n) is 1.65. The molecule has 2 amide bonds. The van der Waals surface area contributed by atoms with Gasteiger partial charge in [0.05, 0.1) is 0 Å². The molecule has 0 aromatic heterocycles. The largest absolute Gasteiger partial charge is 0.454 e. The van der Waals surface area contributed by atoms with Gasteiger partial charge >= 0.3 is 5.97 Å². The second kappa shape index (κ2) is 7.07. The number of hydrogen-bond acceptors (Lipinski definition) is 5. The maximum Gasteiger partial charge on any atom is 0.326 e. The third-order valence-electron chi connectivity index (χ3n) is 2.66. The molecule has 1 heterocycles. The van der Waals surface area contributed by atoms with Gasteiger partial charge in [0.15, 0.2) is 6.61 Å². The van der Waals surface area contributed by atoms with Crippen molar-refractivity contribution in [3.63, 3.8) is 0 Å². The van der Waals surface area contributed by atoms with E-state index in [9.17, 15) is 18.8 Å². The highest BCUT2D eigenvalue weighted by Crippen LogP contribution is 2.16. The molecule has 1 aliphatic rings. The lowest BCUT2D eigenvalue weighted by Gasteiger charge is -2.13. The van der Waals surface area contributed by atoms with Gasteiger partial charge < -0.3 is 15.0 Å². The predicted molar refractivity (Wildman–Crippen MR) is 75.4 cm³/mol. The van der Waals surface area contributed by atoms with E-state index in [1.165, 1.54) is 29.2 Å². The van der Waals surface area contributed by atoms with Crippen LogP contribution in [0.1, 0.15) is 0 Å². The van der Waals surface area contributed by atoms with Crippen LogP contribution in [-0.2, 0) is 14.3 Å². The molecule has 112 valence electrons. The van der Waals surface area contributed by atoms with E-state index in [2.05, 4.69) is 5.32 Å². The van der Waals surface area contributed by atoms with Crippen molar-refractivity contribution in [3.05, 3.63) is 30.1 Å². The minimum absolute atomic E-state index is 0.157. The lowest BCUT2D eigenvalue weighted by molar-refractivity contribution is -0.147. The van der Waals surface area contributed by atoms with Crippen LogP contribution in [0, 0.1) is 5.82 Å². The molecule has 1 fully saturated rings. The van der Waals surface area contributed by atoms with Crippen LogP contribution in [0.15, 0.2) is 24.3 Å². The fraction of sp³-hybridized carbons (Fsp3) is 0.308. The Labute approximate surface area is 124 Å². The van der Waals surface area contributed by atoms with E-state index in [4.69, 9.17) is 4.74 Å². The molecular formula is C13H13FN2O4S. The first kappa shape index (κ1) is 15.3. The van der Waals surface area contributed by atoms with E-state index < -0.39 is 24.3 Å². The second-order valence-corrected chi connectivity index (χ2v) is 5.30. The summed E-state index contributed by atoms with van der Waals surface area (Å²) < 4.78 is 17.5. The fourth-order valence-corrected chi connectivity index (χ4v) is 2.47. The zero-order valence-corrected chi connectivity index (χ0v) is 11.8. The Kier molecular flexibility index (Phi) is 5.15. The summed E-state index contributed by atoms with van der Waals surface area (Å²) in [6.07, 6.45) is 0.